The van der Waals surface area contributed by atoms with Crippen LogP contribution in [-0.2, 0) is 4.79 Å². The minimum absolute atomic E-state index is 0.249. The number of nitrogens with zero attached hydrogens (tertiary/aromatic N) is 1. The van der Waals surface area contributed by atoms with Crippen LogP contribution in [0.1, 0.15) is 12.8 Å². The summed E-state index contributed by atoms with van der Waals surface area (Å²) in [5, 5.41) is -0.249. The maximum absolute atomic E-state index is 10.5. The van der Waals surface area contributed by atoms with E-state index in [1.165, 1.54) is 5.57 Å². The molecule has 1 aliphatic heterocycles. The summed E-state index contributed by atoms with van der Waals surface area (Å²) in [6.45, 7) is 1.98. The molecule has 3 heteroatoms. The average molecular weight is 174 g/mol. The third-order valence-electron chi connectivity index (χ3n) is 1.87. The highest BCUT2D eigenvalue weighted by atomic mass is 35.5. The first-order valence-corrected chi connectivity index (χ1v) is 4.11. The highest BCUT2D eigenvalue weighted by Gasteiger charge is 2.09. The first kappa shape index (κ1) is 8.75. The summed E-state index contributed by atoms with van der Waals surface area (Å²) in [7, 11) is 2.07. The van der Waals surface area contributed by atoms with Crippen molar-refractivity contribution in [1.29, 1.82) is 0 Å². The Morgan fingerprint density at radius 2 is 2.55 bits per heavy atom. The molecule has 0 spiro atoms. The Hall–Kier alpha value is -0.340. The Balaban J connectivity index is 2.41. The van der Waals surface area contributed by atoms with E-state index < -0.39 is 0 Å². The third kappa shape index (κ3) is 3.04. The van der Waals surface area contributed by atoms with Crippen LogP contribution in [0.25, 0.3) is 0 Å². The van der Waals surface area contributed by atoms with E-state index in [-0.39, 0.29) is 5.24 Å². The van der Waals surface area contributed by atoms with E-state index >= 15 is 0 Å². The number of rotatable bonds is 2. The highest BCUT2D eigenvalue weighted by molar-refractivity contribution is 6.63. The van der Waals surface area contributed by atoms with Crippen molar-refractivity contribution in [2.24, 2.45) is 0 Å². The van der Waals surface area contributed by atoms with Gasteiger partial charge in [-0.2, -0.15) is 0 Å². The number of halogens is 1. The fourth-order valence-corrected chi connectivity index (χ4v) is 1.32. The molecule has 0 aromatic heterocycles. The largest absolute Gasteiger partial charge is 0.302 e. The Kier molecular flexibility index (Phi) is 3.09. The summed E-state index contributed by atoms with van der Waals surface area (Å²) in [6, 6.07) is 0. The van der Waals surface area contributed by atoms with Crippen LogP contribution in [0.15, 0.2) is 11.6 Å². The molecule has 0 radical (unpaired) electrons. The molecular formula is C8H12ClNO. The summed E-state index contributed by atoms with van der Waals surface area (Å²) in [5.41, 5.74) is 1.18. The molecule has 62 valence electrons. The van der Waals surface area contributed by atoms with Crippen LogP contribution in [0.5, 0.6) is 0 Å². The van der Waals surface area contributed by atoms with Crippen LogP contribution in [0.3, 0.4) is 0 Å². The van der Waals surface area contributed by atoms with Gasteiger partial charge in [0.1, 0.15) is 0 Å². The molecule has 0 N–H and O–H groups in total. The molecule has 0 saturated carbocycles. The lowest BCUT2D eigenvalue weighted by Gasteiger charge is -2.20. The van der Waals surface area contributed by atoms with Gasteiger partial charge in [0.05, 0.1) is 0 Å². The summed E-state index contributed by atoms with van der Waals surface area (Å²) < 4.78 is 0. The number of carbonyl (C=O) groups excluding carboxylic acids is 1. The van der Waals surface area contributed by atoms with Crippen LogP contribution in [-0.4, -0.2) is 30.3 Å². The van der Waals surface area contributed by atoms with Gasteiger partial charge in [0.2, 0.25) is 5.24 Å². The second kappa shape index (κ2) is 3.88. The fraction of sp³-hybridized carbons (Fsp3) is 0.625. The van der Waals surface area contributed by atoms with Crippen LogP contribution < -0.4 is 0 Å². The highest BCUT2D eigenvalue weighted by Crippen LogP contribution is 2.13. The Morgan fingerprint density at radius 3 is 3.00 bits per heavy atom. The molecule has 2 nitrogen and oxygen atoms in total. The predicted molar refractivity (Wildman–Crippen MR) is 45.7 cm³/mol. The molecule has 1 heterocycles. The minimum Gasteiger partial charge on any atom is -0.302 e. The zero-order valence-electron chi connectivity index (χ0n) is 6.64. The molecule has 0 atom stereocenters. The number of carbonyl (C=O) groups is 1. The molecule has 0 saturated heterocycles. The molecule has 0 aliphatic carbocycles. The van der Waals surface area contributed by atoms with Gasteiger partial charge in [0.15, 0.2) is 0 Å². The van der Waals surface area contributed by atoms with Crippen LogP contribution >= 0.6 is 11.6 Å². The van der Waals surface area contributed by atoms with Crippen molar-refractivity contribution < 1.29 is 4.79 Å². The third-order valence-corrected chi connectivity index (χ3v) is 2.01. The zero-order valence-corrected chi connectivity index (χ0v) is 7.40. The van der Waals surface area contributed by atoms with Gasteiger partial charge in [-0.1, -0.05) is 11.6 Å². The summed E-state index contributed by atoms with van der Waals surface area (Å²) >= 11 is 5.25. The van der Waals surface area contributed by atoms with Gasteiger partial charge in [-0.15, -0.1) is 0 Å². The Morgan fingerprint density at radius 1 is 1.82 bits per heavy atom. The average Bonchev–Trinajstić information content (AvgIpc) is 1.93. The molecule has 1 aliphatic rings. The van der Waals surface area contributed by atoms with Crippen LogP contribution in [0.2, 0.25) is 0 Å². The smallest absolute Gasteiger partial charge is 0.225 e. The minimum atomic E-state index is -0.249. The summed E-state index contributed by atoms with van der Waals surface area (Å²) in [6.07, 6.45) is 3.49. The van der Waals surface area contributed by atoms with Crippen molar-refractivity contribution in [3.05, 3.63) is 11.6 Å². The molecule has 0 fully saturated rings. The lowest BCUT2D eigenvalue weighted by molar-refractivity contribution is -0.111. The van der Waals surface area contributed by atoms with Gasteiger partial charge in [-0.25, -0.2) is 0 Å². The lowest BCUT2D eigenvalue weighted by Crippen LogP contribution is -2.24. The lowest BCUT2D eigenvalue weighted by atomic mass is 10.1. The molecule has 0 aromatic carbocycles. The van der Waals surface area contributed by atoms with Crippen molar-refractivity contribution in [3.8, 4) is 0 Å². The Labute approximate surface area is 71.8 Å². The van der Waals surface area contributed by atoms with E-state index in [4.69, 9.17) is 11.6 Å². The van der Waals surface area contributed by atoms with E-state index in [9.17, 15) is 4.79 Å². The number of hydrogen-bond donors (Lipinski definition) is 0. The molecule has 0 unspecified atom stereocenters. The molecule has 1 rings (SSSR count). The molecule has 0 aromatic rings. The number of hydrogen-bond acceptors (Lipinski definition) is 2. The van der Waals surface area contributed by atoms with E-state index in [0.717, 1.165) is 19.5 Å². The van der Waals surface area contributed by atoms with Crippen molar-refractivity contribution >= 4 is 16.8 Å². The topological polar surface area (TPSA) is 20.3 Å². The zero-order chi connectivity index (χ0) is 8.27. The van der Waals surface area contributed by atoms with Crippen molar-refractivity contribution in [3.63, 3.8) is 0 Å². The van der Waals surface area contributed by atoms with Gasteiger partial charge in [0.25, 0.3) is 0 Å². The fourth-order valence-electron chi connectivity index (χ4n) is 1.15. The number of likely N-dealkylation sites (N-methyl/N-ethyl adjacent to an activating group) is 1. The first-order valence-electron chi connectivity index (χ1n) is 3.73. The second-order valence-corrected chi connectivity index (χ2v) is 3.33. The van der Waals surface area contributed by atoms with Gasteiger partial charge in [0, 0.05) is 19.5 Å². The standard InChI is InChI=1S/C8H12ClNO/c1-10-4-2-7(3-5-10)6-8(9)11/h2H,3-6H2,1H3. The van der Waals surface area contributed by atoms with Gasteiger partial charge < -0.3 is 4.90 Å². The molecule has 11 heavy (non-hydrogen) atoms. The van der Waals surface area contributed by atoms with E-state index in [1.807, 2.05) is 0 Å². The maximum atomic E-state index is 10.5. The van der Waals surface area contributed by atoms with E-state index in [0.29, 0.717) is 6.42 Å². The summed E-state index contributed by atoms with van der Waals surface area (Å²) in [5.74, 6) is 0. The van der Waals surface area contributed by atoms with Crippen LogP contribution in [0, 0.1) is 0 Å². The molecule has 0 bridgehead atoms. The van der Waals surface area contributed by atoms with Crippen molar-refractivity contribution in [1.82, 2.24) is 4.90 Å². The maximum Gasteiger partial charge on any atom is 0.225 e. The van der Waals surface area contributed by atoms with Gasteiger partial charge in [-0.3, -0.25) is 4.79 Å². The summed E-state index contributed by atoms with van der Waals surface area (Å²) in [4.78, 5) is 12.7. The second-order valence-electron chi connectivity index (χ2n) is 2.91. The van der Waals surface area contributed by atoms with Gasteiger partial charge >= 0.3 is 0 Å². The van der Waals surface area contributed by atoms with E-state index in [2.05, 4.69) is 18.0 Å². The van der Waals surface area contributed by atoms with Gasteiger partial charge in [-0.05, 0) is 25.1 Å². The predicted octanol–water partition coefficient (Wildman–Crippen LogP) is 1.40. The normalized spacial score (nSPS) is 19.6. The Bertz CT molecular complexity index is 189. The quantitative estimate of drug-likeness (QED) is 0.465. The van der Waals surface area contributed by atoms with E-state index in [1.54, 1.807) is 0 Å². The SMILES string of the molecule is CN1CC=C(CC(=O)Cl)CC1. The monoisotopic (exact) mass is 173 g/mol. The molecule has 0 amide bonds. The van der Waals surface area contributed by atoms with Crippen LogP contribution in [0.4, 0.5) is 0 Å². The van der Waals surface area contributed by atoms with Crippen molar-refractivity contribution in [2.45, 2.75) is 12.8 Å². The molecular weight excluding hydrogens is 162 g/mol. The first-order chi connectivity index (χ1) is 5.18. The van der Waals surface area contributed by atoms with Crippen molar-refractivity contribution in [2.75, 3.05) is 20.1 Å².